The number of anilines is 3. The van der Waals surface area contributed by atoms with E-state index >= 15 is 0 Å². The third kappa shape index (κ3) is 6.04. The largest absolute Gasteiger partial charge is 0.489 e. The van der Waals surface area contributed by atoms with Crippen LogP contribution in [0.2, 0.25) is 0 Å². The van der Waals surface area contributed by atoms with Gasteiger partial charge < -0.3 is 25.4 Å². The molecule has 2 aromatic rings. The van der Waals surface area contributed by atoms with Crippen molar-refractivity contribution in [2.24, 2.45) is 0 Å². The number of hydrogen-bond donors (Lipinski definition) is 3. The van der Waals surface area contributed by atoms with Crippen LogP contribution in [0.15, 0.2) is 18.3 Å². The molecule has 194 valence electrons. The summed E-state index contributed by atoms with van der Waals surface area (Å²) in [6.07, 6.45) is -3.22. The maximum absolute atomic E-state index is 12.6. The van der Waals surface area contributed by atoms with Crippen molar-refractivity contribution < 1.29 is 27.8 Å². The van der Waals surface area contributed by atoms with Crippen molar-refractivity contribution in [2.75, 3.05) is 22.1 Å². The zero-order valence-electron chi connectivity index (χ0n) is 19.3. The number of rotatable bonds is 6. The van der Waals surface area contributed by atoms with Crippen molar-refractivity contribution in [1.29, 1.82) is 0 Å². The summed E-state index contributed by atoms with van der Waals surface area (Å²) in [6, 6.07) is 1.43. The van der Waals surface area contributed by atoms with Crippen LogP contribution in [0.1, 0.15) is 38.1 Å². The third-order valence-corrected chi connectivity index (χ3v) is 5.75. The number of fused-ring (bicyclic) bond motifs is 1. The summed E-state index contributed by atoms with van der Waals surface area (Å²) in [5.74, 6) is 0.917. The fraction of sp³-hybridized carbons (Fsp3) is 0.524. The smallest absolute Gasteiger partial charge is 0.433 e. The second-order valence-electron chi connectivity index (χ2n) is 8.22. The van der Waals surface area contributed by atoms with Gasteiger partial charge in [0.2, 0.25) is 11.9 Å². The molecule has 9 nitrogen and oxygen atoms in total. The molecular weight excluding hydrogens is 505 g/mol. The van der Waals surface area contributed by atoms with E-state index in [2.05, 4.69) is 25.6 Å². The minimum atomic E-state index is -4.48. The van der Waals surface area contributed by atoms with Crippen molar-refractivity contribution >= 4 is 50.4 Å². The van der Waals surface area contributed by atoms with Gasteiger partial charge in [-0.2, -0.15) is 45.1 Å². The Morgan fingerprint density at radius 3 is 2.51 bits per heavy atom. The van der Waals surface area contributed by atoms with Crippen LogP contribution in [0, 0.1) is 6.92 Å². The second-order valence-corrected chi connectivity index (χ2v) is 8.22. The monoisotopic (exact) mass is 534 g/mol. The molecule has 1 saturated carbocycles. The van der Waals surface area contributed by atoms with Crippen LogP contribution >= 0.6 is 27.0 Å². The van der Waals surface area contributed by atoms with Gasteiger partial charge in [-0.05, 0) is 32.9 Å². The standard InChI is InChI=1S/C21H25F3N6O3.2H2S/c1-4-30-17(11(3)31)19(32)28-16-10(2)26-20(29-18(16)30)27-12-7-14(8-12)33-13-5-6-15(25-9-13)21(22,23)24;;/h5-6,9,11-12,14,17,31H,4,7-8H2,1-3H3,(H,28,32)(H,26,27,29);2*1H2/t11-,12?,14?,17-;;/m0../s1. The van der Waals surface area contributed by atoms with Crippen molar-refractivity contribution in [3.63, 3.8) is 0 Å². The number of aryl methyl sites for hydroxylation is 1. The predicted octanol–water partition coefficient (Wildman–Crippen LogP) is 2.97. The molecule has 2 atom stereocenters. The number of likely N-dealkylation sites (N-methyl/N-ethyl adjacent to an activating group) is 1. The molecule has 4 rings (SSSR count). The number of aliphatic hydroxyl groups excluding tert-OH is 1. The Morgan fingerprint density at radius 2 is 1.97 bits per heavy atom. The van der Waals surface area contributed by atoms with Gasteiger partial charge in [0, 0.05) is 25.4 Å². The molecule has 3 heterocycles. The summed E-state index contributed by atoms with van der Waals surface area (Å²) in [5, 5.41) is 16.1. The molecule has 2 aliphatic rings. The summed E-state index contributed by atoms with van der Waals surface area (Å²) in [6.45, 7) is 5.69. The molecule has 0 spiro atoms. The number of halogens is 3. The molecular formula is C21H29F3N6O3S2. The second kappa shape index (κ2) is 11.1. The quantitative estimate of drug-likeness (QED) is 0.519. The zero-order chi connectivity index (χ0) is 23.9. The molecule has 1 aliphatic carbocycles. The lowest BCUT2D eigenvalue weighted by Crippen LogP contribution is -2.54. The van der Waals surface area contributed by atoms with Crippen LogP contribution in [-0.2, 0) is 11.0 Å². The summed E-state index contributed by atoms with van der Waals surface area (Å²) >= 11 is 0. The first-order valence-corrected chi connectivity index (χ1v) is 10.7. The Kier molecular flexibility index (Phi) is 9.11. The van der Waals surface area contributed by atoms with E-state index in [9.17, 15) is 23.1 Å². The number of aromatic nitrogens is 3. The first kappa shape index (κ1) is 28.8. The van der Waals surface area contributed by atoms with Crippen LogP contribution in [0.25, 0.3) is 0 Å². The lowest BCUT2D eigenvalue weighted by atomic mass is 9.89. The molecule has 3 N–H and O–H groups in total. The van der Waals surface area contributed by atoms with Gasteiger partial charge >= 0.3 is 6.18 Å². The van der Waals surface area contributed by atoms with Gasteiger partial charge in [-0.15, -0.1) is 0 Å². The van der Waals surface area contributed by atoms with Crippen molar-refractivity contribution in [2.45, 2.75) is 64.1 Å². The van der Waals surface area contributed by atoms with Crippen molar-refractivity contribution in [3.05, 3.63) is 29.7 Å². The molecule has 1 aliphatic heterocycles. The molecule has 1 amide bonds. The van der Waals surface area contributed by atoms with Crippen LogP contribution in [-0.4, -0.2) is 56.8 Å². The highest BCUT2D eigenvalue weighted by Crippen LogP contribution is 2.35. The predicted molar refractivity (Wildman–Crippen MR) is 135 cm³/mol. The van der Waals surface area contributed by atoms with Gasteiger partial charge in [0.15, 0.2) is 5.82 Å². The maximum Gasteiger partial charge on any atom is 0.433 e. The fourth-order valence-electron chi connectivity index (χ4n) is 4.05. The minimum absolute atomic E-state index is 0. The third-order valence-electron chi connectivity index (χ3n) is 5.75. The first-order chi connectivity index (χ1) is 15.6. The van der Waals surface area contributed by atoms with E-state index in [0.717, 1.165) is 12.3 Å². The maximum atomic E-state index is 12.6. The van der Waals surface area contributed by atoms with Gasteiger partial charge in [-0.25, -0.2) is 9.97 Å². The lowest BCUT2D eigenvalue weighted by molar-refractivity contribution is -0.141. The number of pyridine rings is 1. The van der Waals surface area contributed by atoms with Gasteiger partial charge in [0.1, 0.15) is 29.3 Å². The number of ether oxygens (including phenoxy) is 1. The number of alkyl halides is 3. The van der Waals surface area contributed by atoms with Gasteiger partial charge in [-0.1, -0.05) is 0 Å². The van der Waals surface area contributed by atoms with E-state index in [0.29, 0.717) is 42.5 Å². The summed E-state index contributed by atoms with van der Waals surface area (Å²) in [5.41, 5.74) is 0.160. The van der Waals surface area contributed by atoms with Gasteiger partial charge in [0.25, 0.3) is 0 Å². The van der Waals surface area contributed by atoms with Crippen molar-refractivity contribution in [1.82, 2.24) is 15.0 Å². The van der Waals surface area contributed by atoms with E-state index < -0.39 is 24.0 Å². The molecule has 1 fully saturated rings. The van der Waals surface area contributed by atoms with Gasteiger partial charge in [-0.3, -0.25) is 4.79 Å². The molecule has 0 saturated heterocycles. The molecule has 14 heteroatoms. The number of carbonyl (C=O) groups excluding carboxylic acids is 1. The highest BCUT2D eigenvalue weighted by atomic mass is 32.1. The molecule has 2 aromatic heterocycles. The number of hydrogen-bond acceptors (Lipinski definition) is 8. The topological polar surface area (TPSA) is 113 Å². The molecule has 0 aromatic carbocycles. The number of nitrogens with zero attached hydrogens (tertiary/aromatic N) is 4. The fourth-order valence-corrected chi connectivity index (χ4v) is 4.05. The van der Waals surface area contributed by atoms with E-state index in [1.165, 1.54) is 6.07 Å². The molecule has 35 heavy (non-hydrogen) atoms. The van der Waals surface area contributed by atoms with E-state index in [-0.39, 0.29) is 50.8 Å². The van der Waals surface area contributed by atoms with Crippen LogP contribution in [0.3, 0.4) is 0 Å². The zero-order valence-corrected chi connectivity index (χ0v) is 21.3. The normalized spacial score (nSPS) is 22.0. The van der Waals surface area contributed by atoms with Crippen molar-refractivity contribution in [3.8, 4) is 5.75 Å². The average Bonchev–Trinajstić information content (AvgIpc) is 2.71. The molecule has 0 bridgehead atoms. The SMILES string of the molecule is CCN1c2nc(NC3CC(Oc4ccc(C(F)(F)F)nc4)C3)nc(C)c2NC(=O)[C@@H]1[C@H](C)O.S.S. The van der Waals surface area contributed by atoms with Crippen LogP contribution in [0.4, 0.5) is 30.6 Å². The van der Waals surface area contributed by atoms with E-state index in [4.69, 9.17) is 4.74 Å². The molecule has 0 unspecified atom stereocenters. The van der Waals surface area contributed by atoms with E-state index in [1.54, 1.807) is 18.7 Å². The van der Waals surface area contributed by atoms with Gasteiger partial charge in [0.05, 0.1) is 18.0 Å². The minimum Gasteiger partial charge on any atom is -0.489 e. The average molecular weight is 535 g/mol. The van der Waals surface area contributed by atoms with E-state index in [1.807, 2.05) is 6.92 Å². The molecule has 0 radical (unpaired) electrons. The Morgan fingerprint density at radius 1 is 1.29 bits per heavy atom. The summed E-state index contributed by atoms with van der Waals surface area (Å²) in [4.78, 5) is 26.6. The number of amides is 1. The summed E-state index contributed by atoms with van der Waals surface area (Å²) < 4.78 is 43.5. The highest BCUT2D eigenvalue weighted by molar-refractivity contribution is 7.59. The summed E-state index contributed by atoms with van der Waals surface area (Å²) in [7, 11) is 0. The highest BCUT2D eigenvalue weighted by Gasteiger charge is 2.38. The number of nitrogens with one attached hydrogen (secondary N) is 2. The van der Waals surface area contributed by atoms with Crippen LogP contribution < -0.4 is 20.3 Å². The Hall–Kier alpha value is -2.45. The Labute approximate surface area is 214 Å². The number of carbonyl (C=O) groups is 1. The van der Waals surface area contributed by atoms with Crippen LogP contribution in [0.5, 0.6) is 5.75 Å². The Balaban J connectivity index is 0.00000216. The first-order valence-electron chi connectivity index (χ1n) is 10.7. The lowest BCUT2D eigenvalue weighted by Gasteiger charge is -2.39. The Bertz CT molecular complexity index is 1040. The number of aliphatic hydroxyl groups is 1.